The van der Waals surface area contributed by atoms with E-state index in [1.54, 1.807) is 0 Å². The van der Waals surface area contributed by atoms with Gasteiger partial charge in [0.1, 0.15) is 5.82 Å². The van der Waals surface area contributed by atoms with Crippen LogP contribution in [0.25, 0.3) is 0 Å². The van der Waals surface area contributed by atoms with Gasteiger partial charge in [-0.05, 0) is 18.9 Å². The molecule has 100 valence electrons. The minimum Gasteiger partial charge on any atom is -0.392 e. The number of benzene rings is 1. The monoisotopic (exact) mass is 259 g/mol. The van der Waals surface area contributed by atoms with E-state index in [1.807, 2.05) is 0 Å². The molecule has 2 atom stereocenters. The highest BCUT2D eigenvalue weighted by atomic mass is 19.2. The third kappa shape index (κ3) is 3.03. The summed E-state index contributed by atoms with van der Waals surface area (Å²) in [6, 6.07) is 1.29. The first-order chi connectivity index (χ1) is 8.58. The Morgan fingerprint density at radius 3 is 2.44 bits per heavy atom. The quantitative estimate of drug-likeness (QED) is 0.817. The predicted molar refractivity (Wildman–Crippen MR) is 61.4 cm³/mol. The minimum atomic E-state index is -1.19. The van der Waals surface area contributed by atoms with Gasteiger partial charge in [0.2, 0.25) is 0 Å². The molecule has 1 fully saturated rings. The van der Waals surface area contributed by atoms with Crippen molar-refractivity contribution in [2.24, 2.45) is 0 Å². The fourth-order valence-corrected chi connectivity index (χ4v) is 2.29. The number of halogens is 3. The van der Waals surface area contributed by atoms with E-state index in [-0.39, 0.29) is 18.2 Å². The highest BCUT2D eigenvalue weighted by Gasteiger charge is 2.22. The lowest BCUT2D eigenvalue weighted by Crippen LogP contribution is -2.41. The van der Waals surface area contributed by atoms with Crippen LogP contribution >= 0.6 is 0 Å². The molecule has 1 aliphatic carbocycles. The molecular weight excluding hydrogens is 243 g/mol. The molecule has 0 aliphatic heterocycles. The van der Waals surface area contributed by atoms with Crippen LogP contribution in [-0.4, -0.2) is 17.3 Å². The molecule has 1 aromatic rings. The summed E-state index contributed by atoms with van der Waals surface area (Å²) in [5, 5.41) is 12.7. The Bertz CT molecular complexity index is 425. The Kier molecular flexibility index (Phi) is 4.24. The zero-order chi connectivity index (χ0) is 13.1. The molecule has 2 unspecified atom stereocenters. The number of aliphatic hydroxyl groups is 1. The Balaban J connectivity index is 1.99. The standard InChI is InChI=1S/C13H16F3NO/c14-9-6-11(16)10(15)5-8(9)7-17-12-3-1-2-4-13(12)18/h5-6,12-13,17-18H,1-4,7H2. The lowest BCUT2D eigenvalue weighted by molar-refractivity contribution is 0.0901. The van der Waals surface area contributed by atoms with E-state index in [0.717, 1.165) is 31.7 Å². The Labute approximate surface area is 104 Å². The second-order valence-electron chi connectivity index (χ2n) is 4.70. The van der Waals surface area contributed by atoms with Gasteiger partial charge in [0.15, 0.2) is 11.6 Å². The van der Waals surface area contributed by atoms with Gasteiger partial charge in [-0.15, -0.1) is 0 Å². The number of hydrogen-bond acceptors (Lipinski definition) is 2. The van der Waals surface area contributed by atoms with Crippen molar-refractivity contribution in [1.82, 2.24) is 5.32 Å². The van der Waals surface area contributed by atoms with Gasteiger partial charge in [-0.1, -0.05) is 12.8 Å². The molecule has 5 heteroatoms. The van der Waals surface area contributed by atoms with Crippen molar-refractivity contribution >= 4 is 0 Å². The lowest BCUT2D eigenvalue weighted by atomic mass is 9.92. The summed E-state index contributed by atoms with van der Waals surface area (Å²) in [6.45, 7) is 0.0881. The molecule has 18 heavy (non-hydrogen) atoms. The Hall–Kier alpha value is -1.07. The number of aliphatic hydroxyl groups excluding tert-OH is 1. The van der Waals surface area contributed by atoms with E-state index in [1.165, 1.54) is 0 Å². The number of hydrogen-bond donors (Lipinski definition) is 2. The van der Waals surface area contributed by atoms with Crippen LogP contribution in [0.5, 0.6) is 0 Å². The van der Waals surface area contributed by atoms with Crippen LogP contribution in [0.3, 0.4) is 0 Å². The average Bonchev–Trinajstić information content (AvgIpc) is 2.34. The summed E-state index contributed by atoms with van der Waals surface area (Å²) in [7, 11) is 0. The van der Waals surface area contributed by atoms with E-state index < -0.39 is 23.6 Å². The second-order valence-corrected chi connectivity index (χ2v) is 4.70. The minimum absolute atomic E-state index is 0.0756. The van der Waals surface area contributed by atoms with Crippen LogP contribution in [-0.2, 0) is 6.54 Å². The molecule has 0 aromatic heterocycles. The first-order valence-corrected chi connectivity index (χ1v) is 6.13. The second kappa shape index (κ2) is 5.71. The van der Waals surface area contributed by atoms with Crippen LogP contribution in [0.4, 0.5) is 13.2 Å². The number of rotatable bonds is 3. The highest BCUT2D eigenvalue weighted by Crippen LogP contribution is 2.19. The maximum absolute atomic E-state index is 13.4. The zero-order valence-corrected chi connectivity index (χ0v) is 9.93. The molecule has 2 rings (SSSR count). The molecule has 0 bridgehead atoms. The molecular formula is C13H16F3NO. The van der Waals surface area contributed by atoms with Gasteiger partial charge in [0, 0.05) is 24.2 Å². The van der Waals surface area contributed by atoms with Gasteiger partial charge in [-0.3, -0.25) is 0 Å². The summed E-state index contributed by atoms with van der Waals surface area (Å²) < 4.78 is 39.1. The Morgan fingerprint density at radius 1 is 1.06 bits per heavy atom. The largest absolute Gasteiger partial charge is 0.392 e. The maximum Gasteiger partial charge on any atom is 0.161 e. The third-order valence-corrected chi connectivity index (χ3v) is 3.37. The smallest absolute Gasteiger partial charge is 0.161 e. The van der Waals surface area contributed by atoms with Crippen molar-refractivity contribution in [2.75, 3.05) is 0 Å². The lowest BCUT2D eigenvalue weighted by Gasteiger charge is -2.28. The average molecular weight is 259 g/mol. The molecule has 2 nitrogen and oxygen atoms in total. The Morgan fingerprint density at radius 2 is 1.72 bits per heavy atom. The summed E-state index contributed by atoms with van der Waals surface area (Å²) in [5.41, 5.74) is 0.0756. The van der Waals surface area contributed by atoms with Crippen LogP contribution in [0.1, 0.15) is 31.2 Å². The molecule has 0 radical (unpaired) electrons. The summed E-state index contributed by atoms with van der Waals surface area (Å²) in [4.78, 5) is 0. The summed E-state index contributed by atoms with van der Waals surface area (Å²) >= 11 is 0. The molecule has 0 spiro atoms. The molecule has 1 aromatic carbocycles. The highest BCUT2D eigenvalue weighted by molar-refractivity contribution is 5.20. The molecule has 2 N–H and O–H groups in total. The molecule has 0 amide bonds. The maximum atomic E-state index is 13.4. The van der Waals surface area contributed by atoms with Crippen molar-refractivity contribution in [3.63, 3.8) is 0 Å². The first kappa shape index (κ1) is 13.4. The molecule has 1 aliphatic rings. The van der Waals surface area contributed by atoms with Gasteiger partial charge in [0.25, 0.3) is 0 Å². The molecule has 0 saturated heterocycles. The van der Waals surface area contributed by atoms with Gasteiger partial charge in [-0.2, -0.15) is 0 Å². The SMILES string of the molecule is OC1CCCCC1NCc1cc(F)c(F)cc1F. The van der Waals surface area contributed by atoms with Crippen molar-refractivity contribution in [2.45, 2.75) is 44.4 Å². The fourth-order valence-electron chi connectivity index (χ4n) is 2.29. The van der Waals surface area contributed by atoms with Gasteiger partial charge in [0.05, 0.1) is 6.10 Å². The summed E-state index contributed by atoms with van der Waals surface area (Å²) in [6.07, 6.45) is 3.07. The van der Waals surface area contributed by atoms with E-state index in [0.29, 0.717) is 6.07 Å². The molecule has 1 saturated carbocycles. The van der Waals surface area contributed by atoms with E-state index in [9.17, 15) is 18.3 Å². The zero-order valence-electron chi connectivity index (χ0n) is 9.93. The first-order valence-electron chi connectivity index (χ1n) is 6.13. The summed E-state index contributed by atoms with van der Waals surface area (Å²) in [5.74, 6) is -3.02. The predicted octanol–water partition coefficient (Wildman–Crippen LogP) is 2.50. The molecule has 0 heterocycles. The van der Waals surface area contributed by atoms with Gasteiger partial charge in [-0.25, -0.2) is 13.2 Å². The fraction of sp³-hybridized carbons (Fsp3) is 0.538. The number of nitrogens with one attached hydrogen (secondary N) is 1. The van der Waals surface area contributed by atoms with Crippen LogP contribution < -0.4 is 5.32 Å². The van der Waals surface area contributed by atoms with Crippen LogP contribution in [0, 0.1) is 17.5 Å². The third-order valence-electron chi connectivity index (χ3n) is 3.37. The van der Waals surface area contributed by atoms with Crippen molar-refractivity contribution in [1.29, 1.82) is 0 Å². The van der Waals surface area contributed by atoms with Gasteiger partial charge >= 0.3 is 0 Å². The van der Waals surface area contributed by atoms with Crippen molar-refractivity contribution < 1.29 is 18.3 Å². The topological polar surface area (TPSA) is 32.3 Å². The van der Waals surface area contributed by atoms with E-state index in [4.69, 9.17) is 0 Å². The van der Waals surface area contributed by atoms with E-state index in [2.05, 4.69) is 5.32 Å². The van der Waals surface area contributed by atoms with Crippen molar-refractivity contribution in [3.8, 4) is 0 Å². The van der Waals surface area contributed by atoms with Crippen LogP contribution in [0.2, 0.25) is 0 Å². The van der Waals surface area contributed by atoms with E-state index >= 15 is 0 Å². The normalized spacial score (nSPS) is 24.2. The van der Waals surface area contributed by atoms with Crippen molar-refractivity contribution in [3.05, 3.63) is 35.1 Å². The van der Waals surface area contributed by atoms with Gasteiger partial charge < -0.3 is 10.4 Å². The van der Waals surface area contributed by atoms with Crippen LogP contribution in [0.15, 0.2) is 12.1 Å².